The van der Waals surface area contributed by atoms with E-state index in [4.69, 9.17) is 10.00 Å². The Morgan fingerprint density at radius 1 is 1.29 bits per heavy atom. The standard InChI is InChI=1S/C16H13FN2O2/c1-10-3-5-12(17)8-13(10)16(20)19-14-6-4-11(9-18)7-15(14)21-2/h3-8H,1-2H3,(H,19,20). The number of benzene rings is 2. The molecule has 0 aliphatic rings. The van der Waals surface area contributed by atoms with Crippen LogP contribution < -0.4 is 10.1 Å². The van der Waals surface area contributed by atoms with Gasteiger partial charge in [0.1, 0.15) is 11.6 Å². The van der Waals surface area contributed by atoms with E-state index >= 15 is 0 Å². The number of amides is 1. The maximum Gasteiger partial charge on any atom is 0.256 e. The average Bonchev–Trinajstić information content (AvgIpc) is 2.49. The number of ether oxygens (including phenoxy) is 1. The number of hydrogen-bond acceptors (Lipinski definition) is 3. The maximum atomic E-state index is 13.2. The van der Waals surface area contributed by atoms with Crippen LogP contribution in [0.4, 0.5) is 10.1 Å². The lowest BCUT2D eigenvalue weighted by Crippen LogP contribution is -2.14. The zero-order valence-corrected chi connectivity index (χ0v) is 11.6. The van der Waals surface area contributed by atoms with Gasteiger partial charge in [0.2, 0.25) is 0 Å². The minimum atomic E-state index is -0.474. The molecule has 0 atom stereocenters. The molecule has 0 fully saturated rings. The Kier molecular flexibility index (Phi) is 4.19. The largest absolute Gasteiger partial charge is 0.495 e. The van der Waals surface area contributed by atoms with Gasteiger partial charge >= 0.3 is 0 Å². The van der Waals surface area contributed by atoms with Gasteiger partial charge in [-0.3, -0.25) is 4.79 Å². The zero-order chi connectivity index (χ0) is 15.4. The van der Waals surface area contributed by atoms with Gasteiger partial charge in [-0.05, 0) is 36.8 Å². The molecule has 0 saturated carbocycles. The van der Waals surface area contributed by atoms with E-state index in [1.807, 2.05) is 6.07 Å². The van der Waals surface area contributed by atoms with Crippen LogP contribution in [0.3, 0.4) is 0 Å². The van der Waals surface area contributed by atoms with Crippen LogP contribution in [-0.4, -0.2) is 13.0 Å². The molecule has 0 saturated heterocycles. The van der Waals surface area contributed by atoms with Crippen molar-refractivity contribution in [2.45, 2.75) is 6.92 Å². The van der Waals surface area contributed by atoms with E-state index in [1.165, 1.54) is 25.3 Å². The van der Waals surface area contributed by atoms with Crippen molar-refractivity contribution in [3.63, 3.8) is 0 Å². The normalized spacial score (nSPS) is 9.81. The van der Waals surface area contributed by atoms with E-state index in [0.717, 1.165) is 0 Å². The van der Waals surface area contributed by atoms with Crippen LogP contribution in [0.25, 0.3) is 0 Å². The van der Waals surface area contributed by atoms with Gasteiger partial charge in [-0.2, -0.15) is 5.26 Å². The van der Waals surface area contributed by atoms with Gasteiger partial charge in [-0.25, -0.2) is 4.39 Å². The second-order valence-corrected chi connectivity index (χ2v) is 4.44. The lowest BCUT2D eigenvalue weighted by Gasteiger charge is -2.11. The highest BCUT2D eigenvalue weighted by atomic mass is 19.1. The summed E-state index contributed by atoms with van der Waals surface area (Å²) in [7, 11) is 1.44. The number of nitrogens with zero attached hydrogens (tertiary/aromatic N) is 1. The molecule has 4 nitrogen and oxygen atoms in total. The Morgan fingerprint density at radius 3 is 2.71 bits per heavy atom. The number of rotatable bonds is 3. The summed E-state index contributed by atoms with van der Waals surface area (Å²) in [5.41, 5.74) is 1.76. The van der Waals surface area contributed by atoms with E-state index in [2.05, 4.69) is 5.32 Å². The zero-order valence-electron chi connectivity index (χ0n) is 11.6. The lowest BCUT2D eigenvalue weighted by atomic mass is 10.1. The van der Waals surface area contributed by atoms with Gasteiger partial charge in [0.05, 0.1) is 24.4 Å². The van der Waals surface area contributed by atoms with E-state index in [1.54, 1.807) is 25.1 Å². The molecule has 21 heavy (non-hydrogen) atoms. The monoisotopic (exact) mass is 284 g/mol. The molecule has 0 aromatic heterocycles. The van der Waals surface area contributed by atoms with Crippen molar-refractivity contribution in [2.24, 2.45) is 0 Å². The first-order valence-electron chi connectivity index (χ1n) is 6.21. The van der Waals surface area contributed by atoms with Crippen LogP contribution in [0.15, 0.2) is 36.4 Å². The van der Waals surface area contributed by atoms with E-state index in [0.29, 0.717) is 22.6 Å². The summed E-state index contributed by atoms with van der Waals surface area (Å²) in [6.45, 7) is 1.73. The smallest absolute Gasteiger partial charge is 0.256 e. The Hall–Kier alpha value is -2.87. The van der Waals surface area contributed by atoms with E-state index in [-0.39, 0.29) is 5.56 Å². The van der Waals surface area contributed by atoms with Crippen molar-refractivity contribution in [2.75, 3.05) is 12.4 Å². The molecule has 2 rings (SSSR count). The molecule has 2 aromatic carbocycles. The molecule has 0 unspecified atom stereocenters. The Labute approximate surface area is 121 Å². The number of carbonyl (C=O) groups excluding carboxylic acids is 1. The number of methoxy groups -OCH3 is 1. The summed E-state index contributed by atoms with van der Waals surface area (Å²) >= 11 is 0. The topological polar surface area (TPSA) is 62.1 Å². The van der Waals surface area contributed by atoms with Crippen molar-refractivity contribution < 1.29 is 13.9 Å². The van der Waals surface area contributed by atoms with E-state index in [9.17, 15) is 9.18 Å². The Bertz CT molecular complexity index is 736. The fraction of sp³-hybridized carbons (Fsp3) is 0.125. The summed E-state index contributed by atoms with van der Waals surface area (Å²) in [6, 6.07) is 10.7. The average molecular weight is 284 g/mol. The predicted octanol–water partition coefficient (Wildman–Crippen LogP) is 3.27. The maximum absolute atomic E-state index is 13.2. The summed E-state index contributed by atoms with van der Waals surface area (Å²) in [5.74, 6) is -0.538. The summed E-state index contributed by atoms with van der Waals surface area (Å²) in [6.07, 6.45) is 0. The highest BCUT2D eigenvalue weighted by Crippen LogP contribution is 2.26. The first kappa shape index (κ1) is 14.5. The Balaban J connectivity index is 2.32. The van der Waals surface area contributed by atoms with Crippen LogP contribution in [-0.2, 0) is 0 Å². The van der Waals surface area contributed by atoms with Gasteiger partial charge in [0.25, 0.3) is 5.91 Å². The third-order valence-electron chi connectivity index (χ3n) is 3.02. The van der Waals surface area contributed by atoms with Crippen molar-refractivity contribution in [1.29, 1.82) is 5.26 Å². The van der Waals surface area contributed by atoms with Crippen LogP contribution in [0.1, 0.15) is 21.5 Å². The third-order valence-corrected chi connectivity index (χ3v) is 3.02. The quantitative estimate of drug-likeness (QED) is 0.941. The number of hydrogen-bond donors (Lipinski definition) is 1. The van der Waals surface area contributed by atoms with Gasteiger partial charge in [0, 0.05) is 11.6 Å². The molecule has 106 valence electrons. The minimum absolute atomic E-state index is 0.251. The van der Waals surface area contributed by atoms with Crippen molar-refractivity contribution in [3.8, 4) is 11.8 Å². The van der Waals surface area contributed by atoms with Crippen LogP contribution >= 0.6 is 0 Å². The van der Waals surface area contributed by atoms with Crippen LogP contribution in [0, 0.1) is 24.1 Å². The van der Waals surface area contributed by atoms with Crippen molar-refractivity contribution in [1.82, 2.24) is 0 Å². The number of aryl methyl sites for hydroxylation is 1. The number of anilines is 1. The summed E-state index contributed by atoms with van der Waals surface area (Å²) in [5, 5.41) is 11.5. The third kappa shape index (κ3) is 3.18. The number of nitrogens with one attached hydrogen (secondary N) is 1. The fourth-order valence-corrected chi connectivity index (χ4v) is 1.89. The van der Waals surface area contributed by atoms with Crippen molar-refractivity contribution >= 4 is 11.6 Å². The molecule has 0 aliphatic heterocycles. The van der Waals surface area contributed by atoms with Crippen LogP contribution in [0.2, 0.25) is 0 Å². The first-order valence-corrected chi connectivity index (χ1v) is 6.21. The van der Waals surface area contributed by atoms with Gasteiger partial charge in [-0.15, -0.1) is 0 Å². The van der Waals surface area contributed by atoms with Crippen LogP contribution in [0.5, 0.6) is 5.75 Å². The molecular weight excluding hydrogens is 271 g/mol. The predicted molar refractivity (Wildman–Crippen MR) is 76.8 cm³/mol. The molecule has 5 heteroatoms. The van der Waals surface area contributed by atoms with Gasteiger partial charge in [0.15, 0.2) is 0 Å². The Morgan fingerprint density at radius 2 is 2.05 bits per heavy atom. The number of halogens is 1. The SMILES string of the molecule is COc1cc(C#N)ccc1NC(=O)c1cc(F)ccc1C. The molecule has 0 spiro atoms. The molecule has 0 radical (unpaired) electrons. The van der Waals surface area contributed by atoms with Gasteiger partial charge in [-0.1, -0.05) is 6.07 Å². The van der Waals surface area contributed by atoms with E-state index < -0.39 is 11.7 Å². The molecular formula is C16H13FN2O2. The summed E-state index contributed by atoms with van der Waals surface area (Å²) < 4.78 is 18.4. The molecule has 0 heterocycles. The first-order chi connectivity index (χ1) is 10.0. The summed E-state index contributed by atoms with van der Waals surface area (Å²) in [4.78, 5) is 12.2. The minimum Gasteiger partial charge on any atom is -0.495 e. The number of carbonyl (C=O) groups is 1. The molecule has 2 aromatic rings. The molecule has 0 aliphatic carbocycles. The molecule has 1 N–H and O–H groups in total. The fourth-order valence-electron chi connectivity index (χ4n) is 1.89. The number of nitriles is 1. The molecule has 0 bridgehead atoms. The second kappa shape index (κ2) is 6.06. The lowest BCUT2D eigenvalue weighted by molar-refractivity contribution is 0.102. The second-order valence-electron chi connectivity index (χ2n) is 4.44. The van der Waals surface area contributed by atoms with Crippen molar-refractivity contribution in [3.05, 3.63) is 58.9 Å². The molecule has 1 amide bonds. The highest BCUT2D eigenvalue weighted by molar-refractivity contribution is 6.06. The van der Waals surface area contributed by atoms with Gasteiger partial charge < -0.3 is 10.1 Å². The highest BCUT2D eigenvalue weighted by Gasteiger charge is 2.13.